The number of anilines is 1. The average molecular weight is 246 g/mol. The minimum absolute atomic E-state index is 0.0200. The number of methoxy groups -OCH3 is 2. The number of pyridine rings is 1. The standard InChI is InChI=1S/C10H12F2N2O3/c1-16-6-3-5(4-7(15)17-2)8(13)9(14-6)10(11)12/h3,10H,4,13H2,1-2H3. The van der Waals surface area contributed by atoms with E-state index >= 15 is 0 Å². The first-order valence-electron chi connectivity index (χ1n) is 4.67. The summed E-state index contributed by atoms with van der Waals surface area (Å²) >= 11 is 0. The van der Waals surface area contributed by atoms with Gasteiger partial charge in [-0.05, 0) is 5.56 Å². The number of aromatic nitrogens is 1. The number of carbonyl (C=O) groups is 1. The fourth-order valence-corrected chi connectivity index (χ4v) is 1.25. The number of alkyl halides is 2. The number of hydrogen-bond acceptors (Lipinski definition) is 5. The number of hydrogen-bond donors (Lipinski definition) is 1. The van der Waals surface area contributed by atoms with Gasteiger partial charge in [0.15, 0.2) is 0 Å². The lowest BCUT2D eigenvalue weighted by Crippen LogP contribution is -2.10. The van der Waals surface area contributed by atoms with Crippen LogP contribution in [0.25, 0.3) is 0 Å². The molecule has 17 heavy (non-hydrogen) atoms. The van der Waals surface area contributed by atoms with Crippen LogP contribution in [0, 0.1) is 0 Å². The molecule has 0 spiro atoms. The topological polar surface area (TPSA) is 74.4 Å². The largest absolute Gasteiger partial charge is 0.481 e. The Kier molecular flexibility index (Phi) is 4.19. The van der Waals surface area contributed by atoms with Gasteiger partial charge in [0.2, 0.25) is 5.88 Å². The summed E-state index contributed by atoms with van der Waals surface area (Å²) in [6.45, 7) is 0. The molecule has 0 amide bonds. The summed E-state index contributed by atoms with van der Waals surface area (Å²) in [6.07, 6.45) is -3.04. The molecule has 0 aromatic carbocycles. The van der Waals surface area contributed by atoms with Crippen molar-refractivity contribution in [2.24, 2.45) is 0 Å². The molecule has 0 radical (unpaired) electrons. The third kappa shape index (κ3) is 3.02. The van der Waals surface area contributed by atoms with Crippen LogP contribution in [0.3, 0.4) is 0 Å². The molecule has 0 saturated carbocycles. The third-order valence-corrected chi connectivity index (χ3v) is 2.13. The molecule has 1 aromatic heterocycles. The van der Waals surface area contributed by atoms with E-state index in [1.165, 1.54) is 20.3 Å². The molecule has 0 fully saturated rings. The van der Waals surface area contributed by atoms with E-state index < -0.39 is 18.1 Å². The van der Waals surface area contributed by atoms with E-state index in [0.29, 0.717) is 0 Å². The Morgan fingerprint density at radius 1 is 1.53 bits per heavy atom. The van der Waals surface area contributed by atoms with Crippen LogP contribution < -0.4 is 10.5 Å². The van der Waals surface area contributed by atoms with E-state index in [2.05, 4.69) is 9.72 Å². The molecule has 1 rings (SSSR count). The summed E-state index contributed by atoms with van der Waals surface area (Å²) in [7, 11) is 2.49. The van der Waals surface area contributed by atoms with Gasteiger partial charge in [-0.1, -0.05) is 0 Å². The van der Waals surface area contributed by atoms with Crippen molar-refractivity contribution in [2.75, 3.05) is 20.0 Å². The van der Waals surface area contributed by atoms with Gasteiger partial charge < -0.3 is 15.2 Å². The van der Waals surface area contributed by atoms with Crippen LogP contribution in [-0.2, 0) is 16.0 Å². The maximum absolute atomic E-state index is 12.6. The number of nitrogens with two attached hydrogens (primary N) is 1. The number of carbonyl (C=O) groups excluding carboxylic acids is 1. The first-order valence-corrected chi connectivity index (χ1v) is 4.67. The van der Waals surface area contributed by atoms with E-state index in [0.717, 1.165) is 0 Å². The average Bonchev–Trinajstić information content (AvgIpc) is 2.31. The Morgan fingerprint density at radius 3 is 2.65 bits per heavy atom. The zero-order valence-electron chi connectivity index (χ0n) is 9.37. The van der Waals surface area contributed by atoms with Gasteiger partial charge in [0.25, 0.3) is 6.43 Å². The molecule has 0 aliphatic rings. The van der Waals surface area contributed by atoms with Gasteiger partial charge in [0, 0.05) is 6.07 Å². The molecule has 0 aliphatic heterocycles. The molecule has 94 valence electrons. The van der Waals surface area contributed by atoms with Crippen LogP contribution >= 0.6 is 0 Å². The van der Waals surface area contributed by atoms with Crippen molar-refractivity contribution in [2.45, 2.75) is 12.8 Å². The highest BCUT2D eigenvalue weighted by Gasteiger charge is 2.19. The van der Waals surface area contributed by atoms with Gasteiger partial charge in [-0.2, -0.15) is 0 Å². The molecule has 0 aliphatic carbocycles. The van der Waals surface area contributed by atoms with Crippen LogP contribution in [-0.4, -0.2) is 25.2 Å². The molecular weight excluding hydrogens is 234 g/mol. The second-order valence-corrected chi connectivity index (χ2v) is 3.18. The normalized spacial score (nSPS) is 10.4. The Bertz CT molecular complexity index is 424. The highest BCUT2D eigenvalue weighted by Crippen LogP contribution is 2.29. The summed E-state index contributed by atoms with van der Waals surface area (Å²) in [5.41, 5.74) is 4.90. The molecule has 0 bridgehead atoms. The van der Waals surface area contributed by atoms with E-state index in [1.807, 2.05) is 0 Å². The van der Waals surface area contributed by atoms with Gasteiger partial charge in [-0.3, -0.25) is 4.79 Å². The van der Waals surface area contributed by atoms with Crippen molar-refractivity contribution in [1.29, 1.82) is 0 Å². The maximum Gasteiger partial charge on any atom is 0.310 e. The Labute approximate surface area is 96.5 Å². The number of nitrogen functional groups attached to an aromatic ring is 1. The predicted octanol–water partition coefficient (Wildman–Crippen LogP) is 1.33. The predicted molar refractivity (Wildman–Crippen MR) is 55.9 cm³/mol. The lowest BCUT2D eigenvalue weighted by Gasteiger charge is -2.11. The summed E-state index contributed by atoms with van der Waals surface area (Å²) < 4.78 is 34.5. The van der Waals surface area contributed by atoms with Crippen LogP contribution in [0.2, 0.25) is 0 Å². The van der Waals surface area contributed by atoms with Crippen molar-refractivity contribution < 1.29 is 23.0 Å². The highest BCUT2D eigenvalue weighted by molar-refractivity contribution is 5.75. The fourth-order valence-electron chi connectivity index (χ4n) is 1.25. The number of nitrogens with zero attached hydrogens (tertiary/aromatic N) is 1. The molecule has 1 aromatic rings. The lowest BCUT2D eigenvalue weighted by atomic mass is 10.1. The summed E-state index contributed by atoms with van der Waals surface area (Å²) in [5, 5.41) is 0. The van der Waals surface area contributed by atoms with E-state index in [9.17, 15) is 13.6 Å². The summed E-state index contributed by atoms with van der Waals surface area (Å²) in [5.74, 6) is -0.599. The SMILES string of the molecule is COC(=O)Cc1cc(OC)nc(C(F)F)c1N. The minimum atomic E-state index is -2.83. The monoisotopic (exact) mass is 246 g/mol. The summed E-state index contributed by atoms with van der Waals surface area (Å²) in [6, 6.07) is 1.33. The van der Waals surface area contributed by atoms with Gasteiger partial charge in [-0.25, -0.2) is 13.8 Å². The number of ether oxygens (including phenoxy) is 2. The second-order valence-electron chi connectivity index (χ2n) is 3.18. The molecule has 0 saturated heterocycles. The van der Waals surface area contributed by atoms with Gasteiger partial charge >= 0.3 is 5.97 Å². The molecule has 2 N–H and O–H groups in total. The van der Waals surface area contributed by atoms with Gasteiger partial charge in [0.05, 0.1) is 26.3 Å². The first-order chi connectivity index (χ1) is 7.99. The van der Waals surface area contributed by atoms with Crippen LogP contribution in [0.4, 0.5) is 14.5 Å². The van der Waals surface area contributed by atoms with Crippen LogP contribution in [0.5, 0.6) is 5.88 Å². The lowest BCUT2D eigenvalue weighted by molar-refractivity contribution is -0.139. The second kappa shape index (κ2) is 5.42. The molecule has 0 atom stereocenters. The smallest absolute Gasteiger partial charge is 0.310 e. The third-order valence-electron chi connectivity index (χ3n) is 2.13. The number of halogens is 2. The molecular formula is C10H12F2N2O3. The van der Waals surface area contributed by atoms with Crippen molar-refractivity contribution in [3.05, 3.63) is 17.3 Å². The molecule has 1 heterocycles. The highest BCUT2D eigenvalue weighted by atomic mass is 19.3. The Hall–Kier alpha value is -1.92. The number of esters is 1. The Balaban J connectivity index is 3.19. The zero-order chi connectivity index (χ0) is 13.0. The van der Waals surface area contributed by atoms with Crippen molar-refractivity contribution >= 4 is 11.7 Å². The van der Waals surface area contributed by atoms with Crippen LogP contribution in [0.15, 0.2) is 6.07 Å². The summed E-state index contributed by atoms with van der Waals surface area (Å²) in [4.78, 5) is 14.6. The van der Waals surface area contributed by atoms with E-state index in [1.54, 1.807) is 0 Å². The first kappa shape index (κ1) is 13.1. The molecule has 5 nitrogen and oxygen atoms in total. The van der Waals surface area contributed by atoms with Gasteiger partial charge in [-0.15, -0.1) is 0 Å². The van der Waals surface area contributed by atoms with Crippen molar-refractivity contribution in [3.63, 3.8) is 0 Å². The quantitative estimate of drug-likeness (QED) is 0.811. The van der Waals surface area contributed by atoms with Gasteiger partial charge in [0.1, 0.15) is 5.69 Å². The number of rotatable bonds is 4. The van der Waals surface area contributed by atoms with Crippen molar-refractivity contribution in [1.82, 2.24) is 4.98 Å². The fraction of sp³-hybridized carbons (Fsp3) is 0.400. The molecule has 7 heteroatoms. The van der Waals surface area contributed by atoms with E-state index in [4.69, 9.17) is 10.5 Å². The molecule has 0 unspecified atom stereocenters. The Morgan fingerprint density at radius 2 is 2.18 bits per heavy atom. The minimum Gasteiger partial charge on any atom is -0.481 e. The van der Waals surface area contributed by atoms with E-state index in [-0.39, 0.29) is 23.6 Å². The van der Waals surface area contributed by atoms with Crippen molar-refractivity contribution in [3.8, 4) is 5.88 Å². The van der Waals surface area contributed by atoms with Crippen LogP contribution in [0.1, 0.15) is 17.7 Å². The zero-order valence-corrected chi connectivity index (χ0v) is 9.37. The maximum atomic E-state index is 12.6.